The number of nitrogens with one attached hydrogen (secondary N) is 1. The summed E-state index contributed by atoms with van der Waals surface area (Å²) in [5, 5.41) is 2.67. The molecule has 1 aromatic heterocycles. The lowest BCUT2D eigenvalue weighted by Gasteiger charge is -2.18. The number of nitrogens with zero attached hydrogens (tertiary/aromatic N) is 3. The van der Waals surface area contributed by atoms with E-state index < -0.39 is 0 Å². The quantitative estimate of drug-likeness (QED) is 0.879. The van der Waals surface area contributed by atoms with E-state index in [1.165, 1.54) is 5.56 Å². The van der Waals surface area contributed by atoms with E-state index in [2.05, 4.69) is 27.3 Å². The van der Waals surface area contributed by atoms with E-state index in [1.807, 2.05) is 38.4 Å². The minimum absolute atomic E-state index is 0.0112. The Morgan fingerprint density at radius 1 is 1.26 bits per heavy atom. The summed E-state index contributed by atoms with van der Waals surface area (Å²) in [5.41, 5.74) is 3.43. The second-order valence-corrected chi connectivity index (χ2v) is 7.19. The van der Waals surface area contributed by atoms with Gasteiger partial charge in [-0.15, -0.1) is 0 Å². The molecule has 0 bridgehead atoms. The number of pyridine rings is 1. The number of hydrogen-bond acceptors (Lipinski definition) is 4. The van der Waals surface area contributed by atoms with Crippen molar-refractivity contribution < 1.29 is 9.59 Å². The van der Waals surface area contributed by atoms with E-state index in [0.29, 0.717) is 25.2 Å². The van der Waals surface area contributed by atoms with Crippen LogP contribution in [0.3, 0.4) is 0 Å². The molecule has 6 heteroatoms. The molecule has 2 amide bonds. The summed E-state index contributed by atoms with van der Waals surface area (Å²) in [6, 6.07) is 12.0. The zero-order valence-electron chi connectivity index (χ0n) is 16.1. The van der Waals surface area contributed by atoms with E-state index in [4.69, 9.17) is 0 Å². The zero-order chi connectivity index (χ0) is 19.4. The SMILES string of the molecule is CNC(=O)[C@H]1CCN(C(=O)c2ncccc2-c2cccc(CN(C)C)c2)C1. The molecule has 0 radical (unpaired) electrons. The van der Waals surface area contributed by atoms with Crippen LogP contribution in [0.25, 0.3) is 11.1 Å². The maximum atomic E-state index is 13.1. The number of amides is 2. The Hall–Kier alpha value is -2.73. The van der Waals surface area contributed by atoms with Gasteiger partial charge >= 0.3 is 0 Å². The highest BCUT2D eigenvalue weighted by Crippen LogP contribution is 2.26. The third-order valence-corrected chi connectivity index (χ3v) is 4.84. The molecule has 0 unspecified atom stereocenters. The van der Waals surface area contributed by atoms with Gasteiger partial charge in [0.25, 0.3) is 5.91 Å². The van der Waals surface area contributed by atoms with E-state index in [-0.39, 0.29) is 17.7 Å². The molecule has 6 nitrogen and oxygen atoms in total. The van der Waals surface area contributed by atoms with Crippen LogP contribution < -0.4 is 5.32 Å². The second-order valence-electron chi connectivity index (χ2n) is 7.19. The van der Waals surface area contributed by atoms with Gasteiger partial charge < -0.3 is 15.1 Å². The molecule has 1 aromatic carbocycles. The fourth-order valence-corrected chi connectivity index (χ4v) is 3.52. The van der Waals surface area contributed by atoms with E-state index in [1.54, 1.807) is 18.1 Å². The topological polar surface area (TPSA) is 65.5 Å². The average Bonchev–Trinajstić information content (AvgIpc) is 3.16. The molecule has 1 N–H and O–H groups in total. The van der Waals surface area contributed by atoms with Gasteiger partial charge in [0.05, 0.1) is 5.92 Å². The van der Waals surface area contributed by atoms with Crippen LogP contribution in [0.2, 0.25) is 0 Å². The van der Waals surface area contributed by atoms with Gasteiger partial charge in [0.2, 0.25) is 5.91 Å². The van der Waals surface area contributed by atoms with Gasteiger partial charge in [-0.05, 0) is 43.8 Å². The van der Waals surface area contributed by atoms with Crippen LogP contribution in [0.5, 0.6) is 0 Å². The summed E-state index contributed by atoms with van der Waals surface area (Å²) in [7, 11) is 5.69. The van der Waals surface area contributed by atoms with Crippen LogP contribution in [0.15, 0.2) is 42.6 Å². The maximum Gasteiger partial charge on any atom is 0.273 e. The van der Waals surface area contributed by atoms with Crippen molar-refractivity contribution in [3.05, 3.63) is 53.9 Å². The lowest BCUT2D eigenvalue weighted by molar-refractivity contribution is -0.124. The molecule has 142 valence electrons. The van der Waals surface area contributed by atoms with Crippen LogP contribution in [0.4, 0.5) is 0 Å². The van der Waals surface area contributed by atoms with E-state index in [9.17, 15) is 9.59 Å². The third kappa shape index (κ3) is 4.34. The molecule has 0 aliphatic carbocycles. The summed E-state index contributed by atoms with van der Waals surface area (Å²) < 4.78 is 0. The van der Waals surface area contributed by atoms with Crippen LogP contribution in [-0.4, -0.2) is 60.8 Å². The van der Waals surface area contributed by atoms with Gasteiger partial charge in [0.1, 0.15) is 5.69 Å². The van der Waals surface area contributed by atoms with Crippen LogP contribution in [0.1, 0.15) is 22.5 Å². The molecule has 1 aliphatic rings. The number of likely N-dealkylation sites (tertiary alicyclic amines) is 1. The summed E-state index contributed by atoms with van der Waals surface area (Å²) in [6.45, 7) is 1.85. The minimum atomic E-state index is -0.144. The van der Waals surface area contributed by atoms with Gasteiger partial charge in [-0.1, -0.05) is 24.3 Å². The average molecular weight is 366 g/mol. The Morgan fingerprint density at radius 2 is 2.07 bits per heavy atom. The molecule has 1 saturated heterocycles. The van der Waals surface area contributed by atoms with Crippen molar-refractivity contribution in [2.24, 2.45) is 5.92 Å². The first kappa shape index (κ1) is 19.0. The lowest BCUT2D eigenvalue weighted by atomic mass is 10.0. The highest BCUT2D eigenvalue weighted by molar-refractivity contribution is 5.99. The number of aromatic nitrogens is 1. The largest absolute Gasteiger partial charge is 0.359 e. The van der Waals surface area contributed by atoms with E-state index >= 15 is 0 Å². The number of carbonyl (C=O) groups excluding carboxylic acids is 2. The van der Waals surface area contributed by atoms with Crippen LogP contribution in [-0.2, 0) is 11.3 Å². The molecule has 1 fully saturated rings. The molecular weight excluding hydrogens is 340 g/mol. The highest BCUT2D eigenvalue weighted by atomic mass is 16.2. The Morgan fingerprint density at radius 3 is 2.81 bits per heavy atom. The van der Waals surface area contributed by atoms with Crippen LogP contribution >= 0.6 is 0 Å². The third-order valence-electron chi connectivity index (χ3n) is 4.84. The van der Waals surface area contributed by atoms with Gasteiger partial charge in [0, 0.05) is 38.4 Å². The first-order valence-electron chi connectivity index (χ1n) is 9.19. The molecule has 2 heterocycles. The maximum absolute atomic E-state index is 13.1. The molecule has 2 aromatic rings. The predicted molar refractivity (Wildman–Crippen MR) is 105 cm³/mol. The smallest absolute Gasteiger partial charge is 0.273 e. The zero-order valence-corrected chi connectivity index (χ0v) is 16.1. The van der Waals surface area contributed by atoms with Crippen molar-refractivity contribution in [3.63, 3.8) is 0 Å². The molecule has 3 rings (SSSR count). The minimum Gasteiger partial charge on any atom is -0.359 e. The second kappa shape index (κ2) is 8.31. The fraction of sp³-hybridized carbons (Fsp3) is 0.381. The summed E-state index contributed by atoms with van der Waals surface area (Å²) in [6.07, 6.45) is 2.33. The Kier molecular flexibility index (Phi) is 5.86. The number of carbonyl (C=O) groups is 2. The number of hydrogen-bond donors (Lipinski definition) is 1. The highest BCUT2D eigenvalue weighted by Gasteiger charge is 2.32. The Balaban J connectivity index is 1.86. The van der Waals surface area contributed by atoms with Crippen molar-refractivity contribution >= 4 is 11.8 Å². The summed E-state index contributed by atoms with van der Waals surface area (Å²) in [5.74, 6) is -0.271. The van der Waals surface area contributed by atoms with Crippen molar-refractivity contribution in [2.75, 3.05) is 34.2 Å². The molecule has 1 atom stereocenters. The number of benzene rings is 1. The number of rotatable bonds is 5. The van der Waals surface area contributed by atoms with Crippen molar-refractivity contribution in [1.82, 2.24) is 20.1 Å². The van der Waals surface area contributed by atoms with Crippen molar-refractivity contribution in [3.8, 4) is 11.1 Å². The Labute approximate surface area is 160 Å². The van der Waals surface area contributed by atoms with Gasteiger partial charge in [-0.2, -0.15) is 0 Å². The van der Waals surface area contributed by atoms with Crippen LogP contribution in [0, 0.1) is 5.92 Å². The molecule has 0 saturated carbocycles. The van der Waals surface area contributed by atoms with Crippen molar-refractivity contribution in [1.29, 1.82) is 0 Å². The Bertz CT molecular complexity index is 834. The standard InChI is InChI=1S/C21H26N4O2/c1-22-20(26)17-9-11-25(14-17)21(27)19-18(8-5-10-23-19)16-7-4-6-15(12-16)13-24(2)3/h4-8,10,12,17H,9,11,13-14H2,1-3H3,(H,22,26)/t17-/m0/s1. The molecule has 27 heavy (non-hydrogen) atoms. The predicted octanol–water partition coefficient (Wildman–Crippen LogP) is 2.02. The molecule has 0 spiro atoms. The molecular formula is C21H26N4O2. The lowest BCUT2D eigenvalue weighted by Crippen LogP contribution is -2.33. The summed E-state index contributed by atoms with van der Waals surface area (Å²) in [4.78, 5) is 33.2. The van der Waals surface area contributed by atoms with E-state index in [0.717, 1.165) is 17.7 Å². The van der Waals surface area contributed by atoms with Gasteiger partial charge in [0.15, 0.2) is 0 Å². The molecule has 1 aliphatic heterocycles. The van der Waals surface area contributed by atoms with Gasteiger partial charge in [-0.25, -0.2) is 0 Å². The van der Waals surface area contributed by atoms with Crippen molar-refractivity contribution in [2.45, 2.75) is 13.0 Å². The van der Waals surface area contributed by atoms with Gasteiger partial charge in [-0.3, -0.25) is 14.6 Å². The monoisotopic (exact) mass is 366 g/mol. The first-order valence-corrected chi connectivity index (χ1v) is 9.19. The summed E-state index contributed by atoms with van der Waals surface area (Å²) >= 11 is 0. The first-order chi connectivity index (χ1) is 13.0. The fourth-order valence-electron chi connectivity index (χ4n) is 3.52. The normalized spacial score (nSPS) is 16.6.